The van der Waals surface area contributed by atoms with E-state index in [0.29, 0.717) is 6.54 Å². The molecule has 0 aliphatic rings. The molecule has 0 atom stereocenters. The quantitative estimate of drug-likeness (QED) is 0.880. The molecule has 1 amide bonds. The van der Waals surface area contributed by atoms with Crippen LogP contribution in [0.15, 0.2) is 23.7 Å². The summed E-state index contributed by atoms with van der Waals surface area (Å²) >= 11 is 1.44. The van der Waals surface area contributed by atoms with Crippen LogP contribution in [0.3, 0.4) is 0 Å². The zero-order valence-corrected chi connectivity index (χ0v) is 10.0. The maximum atomic E-state index is 11.7. The number of aryl methyl sites for hydroxylation is 1. The highest BCUT2D eigenvalue weighted by Crippen LogP contribution is 2.09. The third-order valence-electron chi connectivity index (χ3n) is 2.52. The van der Waals surface area contributed by atoms with Gasteiger partial charge >= 0.3 is 0 Å². The predicted molar refractivity (Wildman–Crippen MR) is 63.4 cm³/mol. The van der Waals surface area contributed by atoms with E-state index in [9.17, 15) is 4.79 Å². The van der Waals surface area contributed by atoms with E-state index in [0.717, 1.165) is 16.1 Å². The molecule has 0 aromatic carbocycles. The van der Waals surface area contributed by atoms with Crippen LogP contribution in [0.5, 0.6) is 0 Å². The second-order valence-corrected chi connectivity index (χ2v) is 4.49. The molecule has 16 heavy (non-hydrogen) atoms. The third-order valence-corrected chi connectivity index (χ3v) is 3.39. The average Bonchev–Trinajstić information content (AvgIpc) is 2.89. The van der Waals surface area contributed by atoms with E-state index >= 15 is 0 Å². The number of hydrogen-bond acceptors (Lipinski definition) is 3. The highest BCUT2D eigenvalue weighted by atomic mass is 32.1. The molecule has 2 aromatic rings. The fourth-order valence-electron chi connectivity index (χ4n) is 1.39. The van der Waals surface area contributed by atoms with E-state index in [1.165, 1.54) is 11.3 Å². The van der Waals surface area contributed by atoms with Crippen LogP contribution < -0.4 is 5.32 Å². The molecule has 0 saturated carbocycles. The second kappa shape index (κ2) is 4.49. The van der Waals surface area contributed by atoms with Crippen LogP contribution in [-0.2, 0) is 13.6 Å². The van der Waals surface area contributed by atoms with Crippen LogP contribution in [0.4, 0.5) is 0 Å². The lowest BCUT2D eigenvalue weighted by atomic mass is 10.2. The van der Waals surface area contributed by atoms with Gasteiger partial charge in [-0.2, -0.15) is 5.10 Å². The number of nitrogens with zero attached hydrogens (tertiary/aromatic N) is 2. The lowest BCUT2D eigenvalue weighted by Gasteiger charge is -2.03. The lowest BCUT2D eigenvalue weighted by molar-refractivity contribution is 0.0955. The zero-order valence-electron chi connectivity index (χ0n) is 9.23. The van der Waals surface area contributed by atoms with Crippen molar-refractivity contribution in [3.8, 4) is 0 Å². The van der Waals surface area contributed by atoms with E-state index in [-0.39, 0.29) is 5.91 Å². The van der Waals surface area contributed by atoms with Crippen molar-refractivity contribution in [2.75, 3.05) is 0 Å². The van der Waals surface area contributed by atoms with Gasteiger partial charge in [-0.3, -0.25) is 9.48 Å². The number of aromatic nitrogens is 2. The normalized spacial score (nSPS) is 10.4. The van der Waals surface area contributed by atoms with Gasteiger partial charge in [-0.1, -0.05) is 6.07 Å². The average molecular weight is 235 g/mol. The Morgan fingerprint density at radius 3 is 3.00 bits per heavy atom. The van der Waals surface area contributed by atoms with E-state index in [2.05, 4.69) is 10.4 Å². The summed E-state index contributed by atoms with van der Waals surface area (Å²) in [5, 5.41) is 8.89. The Bertz CT molecular complexity index is 487. The molecule has 5 heteroatoms. The van der Waals surface area contributed by atoms with Crippen molar-refractivity contribution in [2.24, 2.45) is 7.05 Å². The van der Waals surface area contributed by atoms with Crippen LogP contribution in [0.2, 0.25) is 0 Å². The molecule has 2 rings (SSSR count). The van der Waals surface area contributed by atoms with Gasteiger partial charge in [0.2, 0.25) is 0 Å². The molecule has 0 fully saturated rings. The Kier molecular flexibility index (Phi) is 3.05. The fourth-order valence-corrected chi connectivity index (χ4v) is 2.03. The predicted octanol–water partition coefficient (Wildman–Crippen LogP) is 1.72. The topological polar surface area (TPSA) is 46.9 Å². The van der Waals surface area contributed by atoms with Gasteiger partial charge in [-0.25, -0.2) is 0 Å². The van der Waals surface area contributed by atoms with Gasteiger partial charge < -0.3 is 5.32 Å². The molecule has 0 bridgehead atoms. The zero-order chi connectivity index (χ0) is 11.5. The molecule has 0 aliphatic carbocycles. The highest BCUT2D eigenvalue weighted by Gasteiger charge is 2.08. The van der Waals surface area contributed by atoms with Gasteiger partial charge in [0.05, 0.1) is 11.1 Å². The van der Waals surface area contributed by atoms with Crippen LogP contribution in [0.25, 0.3) is 0 Å². The molecular formula is C11H13N3OS. The first-order chi connectivity index (χ1) is 7.68. The van der Waals surface area contributed by atoms with E-state index in [4.69, 9.17) is 0 Å². The Labute approximate surface area is 97.9 Å². The summed E-state index contributed by atoms with van der Waals surface area (Å²) in [5.41, 5.74) is 2.12. The first-order valence-electron chi connectivity index (χ1n) is 4.97. The van der Waals surface area contributed by atoms with Crippen molar-refractivity contribution in [3.63, 3.8) is 0 Å². The highest BCUT2D eigenvalue weighted by molar-refractivity contribution is 7.12. The molecule has 2 heterocycles. The van der Waals surface area contributed by atoms with E-state index in [1.807, 2.05) is 31.5 Å². The largest absolute Gasteiger partial charge is 0.347 e. The summed E-state index contributed by atoms with van der Waals surface area (Å²) in [6, 6.07) is 3.69. The Balaban J connectivity index is 1.98. The maximum absolute atomic E-state index is 11.7. The van der Waals surface area contributed by atoms with E-state index in [1.54, 1.807) is 10.9 Å². The van der Waals surface area contributed by atoms with Gasteiger partial charge in [-0.15, -0.1) is 11.3 Å². The van der Waals surface area contributed by atoms with Crippen LogP contribution in [0, 0.1) is 6.92 Å². The fraction of sp³-hybridized carbons (Fsp3) is 0.273. The molecule has 0 aliphatic heterocycles. The number of carbonyl (C=O) groups excluding carboxylic acids is 1. The lowest BCUT2D eigenvalue weighted by Crippen LogP contribution is -2.22. The number of amides is 1. The molecule has 0 saturated heterocycles. The van der Waals surface area contributed by atoms with Crippen LogP contribution in [-0.4, -0.2) is 15.7 Å². The van der Waals surface area contributed by atoms with Crippen LogP contribution in [0.1, 0.15) is 20.9 Å². The standard InChI is InChI=1S/C11H13N3OS/c1-8-9(7-13-14(8)2)6-12-11(15)10-4-3-5-16-10/h3-5,7H,6H2,1-2H3,(H,12,15). The van der Waals surface area contributed by atoms with Crippen molar-refractivity contribution in [3.05, 3.63) is 39.8 Å². The first-order valence-corrected chi connectivity index (χ1v) is 5.85. The van der Waals surface area contributed by atoms with Gasteiger partial charge in [-0.05, 0) is 18.4 Å². The van der Waals surface area contributed by atoms with Crippen molar-refractivity contribution in [2.45, 2.75) is 13.5 Å². The van der Waals surface area contributed by atoms with E-state index < -0.39 is 0 Å². The first kappa shape index (κ1) is 10.9. The van der Waals surface area contributed by atoms with Gasteiger partial charge in [0.1, 0.15) is 0 Å². The summed E-state index contributed by atoms with van der Waals surface area (Å²) in [7, 11) is 1.89. The minimum absolute atomic E-state index is 0.0294. The number of thiophene rings is 1. The molecule has 0 spiro atoms. The van der Waals surface area contributed by atoms with Crippen molar-refractivity contribution in [1.82, 2.24) is 15.1 Å². The minimum atomic E-state index is -0.0294. The second-order valence-electron chi connectivity index (χ2n) is 3.54. The maximum Gasteiger partial charge on any atom is 0.261 e. The molecule has 84 valence electrons. The van der Waals surface area contributed by atoms with Crippen molar-refractivity contribution < 1.29 is 4.79 Å². The minimum Gasteiger partial charge on any atom is -0.347 e. The number of hydrogen-bond donors (Lipinski definition) is 1. The molecule has 4 nitrogen and oxygen atoms in total. The molecule has 0 unspecified atom stereocenters. The molecule has 1 N–H and O–H groups in total. The number of nitrogens with one attached hydrogen (secondary N) is 1. The Hall–Kier alpha value is -1.62. The SMILES string of the molecule is Cc1c(CNC(=O)c2cccs2)cnn1C. The molecular weight excluding hydrogens is 222 g/mol. The number of rotatable bonds is 3. The van der Waals surface area contributed by atoms with Gasteiger partial charge in [0.25, 0.3) is 5.91 Å². The third kappa shape index (κ3) is 2.14. The molecule has 0 radical (unpaired) electrons. The summed E-state index contributed by atoms with van der Waals surface area (Å²) in [5.74, 6) is -0.0294. The Morgan fingerprint density at radius 1 is 1.62 bits per heavy atom. The molecule has 2 aromatic heterocycles. The summed E-state index contributed by atoms with van der Waals surface area (Å²) in [6.07, 6.45) is 1.78. The number of carbonyl (C=O) groups is 1. The summed E-state index contributed by atoms with van der Waals surface area (Å²) in [4.78, 5) is 12.4. The smallest absolute Gasteiger partial charge is 0.261 e. The Morgan fingerprint density at radius 2 is 2.44 bits per heavy atom. The van der Waals surface area contributed by atoms with Gasteiger partial charge in [0.15, 0.2) is 0 Å². The van der Waals surface area contributed by atoms with Gasteiger partial charge in [0, 0.05) is 24.8 Å². The summed E-state index contributed by atoms with van der Waals surface area (Å²) < 4.78 is 1.80. The van der Waals surface area contributed by atoms with Crippen molar-refractivity contribution >= 4 is 17.2 Å². The van der Waals surface area contributed by atoms with Crippen LogP contribution >= 0.6 is 11.3 Å². The van der Waals surface area contributed by atoms with Crippen molar-refractivity contribution in [1.29, 1.82) is 0 Å². The summed E-state index contributed by atoms with van der Waals surface area (Å²) in [6.45, 7) is 2.51. The monoisotopic (exact) mass is 235 g/mol.